The molecule has 0 bridgehead atoms. The summed E-state index contributed by atoms with van der Waals surface area (Å²) >= 11 is 0. The monoisotopic (exact) mass is 277 g/mol. The topological polar surface area (TPSA) is 66.8 Å². The summed E-state index contributed by atoms with van der Waals surface area (Å²) in [6, 6.07) is 5.66. The second-order valence-corrected chi connectivity index (χ2v) is 4.99. The average molecular weight is 277 g/mol. The highest BCUT2D eigenvalue weighted by Gasteiger charge is 2.30. The lowest BCUT2D eigenvalue weighted by Crippen LogP contribution is -2.39. The number of fused-ring (bicyclic) bond motifs is 1. The Morgan fingerprint density at radius 2 is 2.20 bits per heavy atom. The van der Waals surface area contributed by atoms with Gasteiger partial charge in [0.05, 0.1) is 18.7 Å². The van der Waals surface area contributed by atoms with E-state index in [9.17, 15) is 9.59 Å². The zero-order chi connectivity index (χ0) is 14.7. The molecule has 0 fully saturated rings. The number of carboxylic acids is 1. The molecule has 1 atom stereocenters. The van der Waals surface area contributed by atoms with Gasteiger partial charge in [-0.05, 0) is 30.9 Å². The molecule has 1 unspecified atom stereocenters. The molecule has 1 aromatic carbocycles. The van der Waals surface area contributed by atoms with Gasteiger partial charge >= 0.3 is 5.97 Å². The summed E-state index contributed by atoms with van der Waals surface area (Å²) in [5.41, 5.74) is 1.77. The van der Waals surface area contributed by atoms with Crippen LogP contribution in [-0.2, 0) is 16.0 Å². The number of nitrogens with zero attached hydrogens (tertiary/aromatic N) is 1. The van der Waals surface area contributed by atoms with Gasteiger partial charge in [-0.3, -0.25) is 9.59 Å². The van der Waals surface area contributed by atoms with Crippen molar-refractivity contribution in [1.29, 1.82) is 0 Å². The molecule has 108 valence electrons. The highest BCUT2D eigenvalue weighted by atomic mass is 16.5. The Hall–Kier alpha value is -2.04. The quantitative estimate of drug-likeness (QED) is 0.915. The summed E-state index contributed by atoms with van der Waals surface area (Å²) in [4.78, 5) is 24.4. The Morgan fingerprint density at radius 3 is 2.80 bits per heavy atom. The molecule has 0 radical (unpaired) electrons. The fourth-order valence-corrected chi connectivity index (χ4v) is 2.71. The molecule has 1 aliphatic heterocycles. The Morgan fingerprint density at radius 1 is 1.45 bits per heavy atom. The molecule has 20 heavy (non-hydrogen) atoms. The van der Waals surface area contributed by atoms with Gasteiger partial charge in [0.25, 0.3) is 0 Å². The first kappa shape index (κ1) is 14.4. The van der Waals surface area contributed by atoms with Crippen LogP contribution < -0.4 is 9.64 Å². The number of carboxylic acid groups (broad SMARTS) is 1. The molecule has 1 aromatic rings. The molecule has 0 saturated heterocycles. The van der Waals surface area contributed by atoms with Crippen molar-refractivity contribution >= 4 is 17.6 Å². The molecule has 1 amide bonds. The molecule has 5 heteroatoms. The van der Waals surface area contributed by atoms with Crippen LogP contribution in [0.15, 0.2) is 18.2 Å². The van der Waals surface area contributed by atoms with Gasteiger partial charge < -0.3 is 14.7 Å². The molecule has 5 nitrogen and oxygen atoms in total. The number of hydrogen-bond donors (Lipinski definition) is 1. The molecular formula is C15H19NO4. The second-order valence-electron chi connectivity index (χ2n) is 4.99. The third kappa shape index (κ3) is 2.92. The van der Waals surface area contributed by atoms with E-state index in [1.54, 1.807) is 4.90 Å². The standard InChI is InChI=1S/C15H19NO4/c1-3-20-13-6-4-5-12-7-11(8-14(18)19)9-16(10(2)17)15(12)13/h4-6,11H,3,7-9H2,1-2H3,(H,18,19). The molecule has 1 N–H and O–H groups in total. The van der Waals surface area contributed by atoms with E-state index in [1.165, 1.54) is 6.92 Å². The SMILES string of the molecule is CCOc1cccc2c1N(C(C)=O)CC(CC(=O)O)C2. The lowest BCUT2D eigenvalue weighted by Gasteiger charge is -2.34. The van der Waals surface area contributed by atoms with E-state index >= 15 is 0 Å². The zero-order valence-electron chi connectivity index (χ0n) is 11.8. The van der Waals surface area contributed by atoms with Crippen molar-refractivity contribution in [3.05, 3.63) is 23.8 Å². The number of ether oxygens (including phenoxy) is 1. The predicted molar refractivity (Wildman–Crippen MR) is 75.1 cm³/mol. The fourth-order valence-electron chi connectivity index (χ4n) is 2.71. The second kappa shape index (κ2) is 5.94. The lowest BCUT2D eigenvalue weighted by molar-refractivity contribution is -0.138. The van der Waals surface area contributed by atoms with Crippen molar-refractivity contribution in [1.82, 2.24) is 0 Å². The van der Waals surface area contributed by atoms with E-state index in [-0.39, 0.29) is 18.2 Å². The van der Waals surface area contributed by atoms with Crippen LogP contribution in [-0.4, -0.2) is 30.1 Å². The number of rotatable bonds is 4. The number of carbonyl (C=O) groups excluding carboxylic acids is 1. The zero-order valence-corrected chi connectivity index (χ0v) is 11.8. The van der Waals surface area contributed by atoms with Crippen molar-refractivity contribution in [2.75, 3.05) is 18.1 Å². The van der Waals surface area contributed by atoms with Crippen LogP contribution in [0.25, 0.3) is 0 Å². The normalized spacial score (nSPS) is 17.5. The maximum Gasteiger partial charge on any atom is 0.303 e. The fraction of sp³-hybridized carbons (Fsp3) is 0.467. The summed E-state index contributed by atoms with van der Waals surface area (Å²) in [6.07, 6.45) is 0.731. The van der Waals surface area contributed by atoms with E-state index in [4.69, 9.17) is 9.84 Å². The van der Waals surface area contributed by atoms with Crippen molar-refractivity contribution in [3.63, 3.8) is 0 Å². The molecule has 1 heterocycles. The largest absolute Gasteiger partial charge is 0.492 e. The molecular weight excluding hydrogens is 258 g/mol. The number of carbonyl (C=O) groups is 2. The number of amides is 1. The minimum Gasteiger partial charge on any atom is -0.492 e. The number of hydrogen-bond acceptors (Lipinski definition) is 3. The van der Waals surface area contributed by atoms with Crippen LogP contribution >= 0.6 is 0 Å². The molecule has 1 aliphatic rings. The Labute approximate surface area is 118 Å². The predicted octanol–water partition coefficient (Wildman–Crippen LogP) is 2.09. The Bertz CT molecular complexity index is 527. The van der Waals surface area contributed by atoms with E-state index in [2.05, 4.69) is 0 Å². The summed E-state index contributed by atoms with van der Waals surface area (Å²) in [6.45, 7) is 4.35. The van der Waals surface area contributed by atoms with E-state index < -0.39 is 5.97 Å². The Kier molecular flexibility index (Phi) is 4.27. The van der Waals surface area contributed by atoms with E-state index in [0.29, 0.717) is 25.3 Å². The van der Waals surface area contributed by atoms with Gasteiger partial charge in [-0.2, -0.15) is 0 Å². The van der Waals surface area contributed by atoms with Gasteiger partial charge in [-0.25, -0.2) is 0 Å². The molecule has 0 saturated carbocycles. The van der Waals surface area contributed by atoms with Crippen LogP contribution in [0.1, 0.15) is 25.8 Å². The van der Waals surface area contributed by atoms with Gasteiger partial charge in [0, 0.05) is 13.5 Å². The first-order valence-corrected chi connectivity index (χ1v) is 6.77. The van der Waals surface area contributed by atoms with Crippen LogP contribution in [0, 0.1) is 5.92 Å². The maximum absolute atomic E-state index is 11.9. The van der Waals surface area contributed by atoms with Crippen molar-refractivity contribution < 1.29 is 19.4 Å². The molecule has 2 rings (SSSR count). The highest BCUT2D eigenvalue weighted by molar-refractivity contribution is 5.95. The lowest BCUT2D eigenvalue weighted by atomic mass is 9.89. The number of aliphatic carboxylic acids is 1. The first-order valence-electron chi connectivity index (χ1n) is 6.77. The first-order chi connectivity index (χ1) is 9.52. The van der Waals surface area contributed by atoms with Crippen LogP contribution in [0.5, 0.6) is 5.75 Å². The minimum atomic E-state index is -0.831. The number of para-hydroxylation sites is 1. The van der Waals surface area contributed by atoms with Crippen LogP contribution in [0.4, 0.5) is 5.69 Å². The van der Waals surface area contributed by atoms with Crippen molar-refractivity contribution in [2.24, 2.45) is 5.92 Å². The highest BCUT2D eigenvalue weighted by Crippen LogP contribution is 2.38. The van der Waals surface area contributed by atoms with Gasteiger partial charge in [-0.1, -0.05) is 12.1 Å². The molecule has 0 aromatic heterocycles. The van der Waals surface area contributed by atoms with Crippen LogP contribution in [0.3, 0.4) is 0 Å². The smallest absolute Gasteiger partial charge is 0.303 e. The number of benzene rings is 1. The average Bonchev–Trinajstić information content (AvgIpc) is 2.37. The van der Waals surface area contributed by atoms with Gasteiger partial charge in [0.1, 0.15) is 5.75 Å². The third-order valence-electron chi connectivity index (χ3n) is 3.45. The summed E-state index contributed by atoms with van der Waals surface area (Å²) in [5.74, 6) is -0.286. The van der Waals surface area contributed by atoms with Crippen molar-refractivity contribution in [3.8, 4) is 5.75 Å². The summed E-state index contributed by atoms with van der Waals surface area (Å²) in [7, 11) is 0. The maximum atomic E-state index is 11.9. The third-order valence-corrected chi connectivity index (χ3v) is 3.45. The van der Waals surface area contributed by atoms with Gasteiger partial charge in [-0.15, -0.1) is 0 Å². The van der Waals surface area contributed by atoms with Crippen LogP contribution in [0.2, 0.25) is 0 Å². The van der Waals surface area contributed by atoms with Crippen molar-refractivity contribution in [2.45, 2.75) is 26.7 Å². The molecule has 0 spiro atoms. The summed E-state index contributed by atoms with van der Waals surface area (Å²) in [5, 5.41) is 8.95. The summed E-state index contributed by atoms with van der Waals surface area (Å²) < 4.78 is 5.59. The van der Waals surface area contributed by atoms with Gasteiger partial charge in [0.15, 0.2) is 0 Å². The number of anilines is 1. The van der Waals surface area contributed by atoms with E-state index in [1.807, 2.05) is 25.1 Å². The minimum absolute atomic E-state index is 0.0548. The van der Waals surface area contributed by atoms with E-state index in [0.717, 1.165) is 11.3 Å². The van der Waals surface area contributed by atoms with Gasteiger partial charge in [0.2, 0.25) is 5.91 Å². The molecule has 0 aliphatic carbocycles. The Balaban J connectivity index is 2.39.